The van der Waals surface area contributed by atoms with Crippen molar-refractivity contribution in [1.29, 1.82) is 0 Å². The summed E-state index contributed by atoms with van der Waals surface area (Å²) in [6.07, 6.45) is 3.30. The molecule has 1 aliphatic rings. The molecule has 100 valence electrons. The number of aryl methyl sites for hydroxylation is 1. The van der Waals surface area contributed by atoms with Gasteiger partial charge in [0.25, 0.3) is 0 Å². The van der Waals surface area contributed by atoms with Crippen molar-refractivity contribution in [3.05, 3.63) is 34.9 Å². The van der Waals surface area contributed by atoms with Gasteiger partial charge in [0.15, 0.2) is 11.6 Å². The monoisotopic (exact) mass is 253 g/mol. The Labute approximate surface area is 107 Å². The summed E-state index contributed by atoms with van der Waals surface area (Å²) < 4.78 is 27.7. The molecule has 0 saturated heterocycles. The fourth-order valence-corrected chi connectivity index (χ4v) is 2.67. The van der Waals surface area contributed by atoms with E-state index in [1.807, 2.05) is 0 Å². The predicted octanol–water partition coefficient (Wildman–Crippen LogP) is 4.03. The molecule has 18 heavy (non-hydrogen) atoms. The maximum atomic E-state index is 14.0. The summed E-state index contributed by atoms with van der Waals surface area (Å²) in [6, 6.07) is 3.26. The third-order valence-electron chi connectivity index (χ3n) is 4.31. The molecular weight excluding hydrogens is 232 g/mol. The zero-order valence-corrected chi connectivity index (χ0v) is 11.3. The van der Waals surface area contributed by atoms with E-state index in [9.17, 15) is 8.78 Å². The second kappa shape index (κ2) is 4.30. The van der Waals surface area contributed by atoms with E-state index in [2.05, 4.69) is 13.8 Å². The third kappa shape index (κ3) is 2.28. The molecule has 1 aliphatic carbocycles. The summed E-state index contributed by atoms with van der Waals surface area (Å²) in [5.41, 5.74) is 6.52. The molecular formula is C15H21F2N. The normalized spacial score (nSPS) is 21.9. The van der Waals surface area contributed by atoms with Gasteiger partial charge in [-0.3, -0.25) is 0 Å². The standard InChI is InChI=1S/C15H21F2N/c1-10-4-5-11(13(17)12(10)16)15(18)8-6-14(2,3)7-9-15/h4-5H,6-9,18H2,1-3H3. The highest BCUT2D eigenvalue weighted by atomic mass is 19.2. The summed E-state index contributed by atoms with van der Waals surface area (Å²) in [5, 5.41) is 0. The number of hydrogen-bond acceptors (Lipinski definition) is 1. The van der Waals surface area contributed by atoms with E-state index in [0.29, 0.717) is 24.0 Å². The first-order chi connectivity index (χ1) is 8.25. The van der Waals surface area contributed by atoms with Gasteiger partial charge in [0.1, 0.15) is 0 Å². The van der Waals surface area contributed by atoms with Crippen LogP contribution in [0.25, 0.3) is 0 Å². The minimum absolute atomic E-state index is 0.253. The van der Waals surface area contributed by atoms with Crippen LogP contribution in [0.2, 0.25) is 0 Å². The molecule has 1 nitrogen and oxygen atoms in total. The van der Waals surface area contributed by atoms with Crippen molar-refractivity contribution >= 4 is 0 Å². The van der Waals surface area contributed by atoms with Crippen LogP contribution in [0.5, 0.6) is 0 Å². The van der Waals surface area contributed by atoms with Crippen LogP contribution < -0.4 is 5.73 Å². The molecule has 2 N–H and O–H groups in total. The Morgan fingerprint density at radius 1 is 1.00 bits per heavy atom. The highest BCUT2D eigenvalue weighted by molar-refractivity contribution is 5.31. The number of nitrogens with two attached hydrogens (primary N) is 1. The third-order valence-corrected chi connectivity index (χ3v) is 4.31. The topological polar surface area (TPSA) is 26.0 Å². The molecule has 0 bridgehead atoms. The van der Waals surface area contributed by atoms with Crippen LogP contribution in [0.15, 0.2) is 12.1 Å². The van der Waals surface area contributed by atoms with Gasteiger partial charge >= 0.3 is 0 Å². The summed E-state index contributed by atoms with van der Waals surface area (Å²) >= 11 is 0. The van der Waals surface area contributed by atoms with Crippen LogP contribution in [-0.2, 0) is 5.54 Å². The quantitative estimate of drug-likeness (QED) is 0.803. The second-order valence-electron chi connectivity index (χ2n) is 6.38. The molecule has 0 atom stereocenters. The molecule has 0 spiro atoms. The highest BCUT2D eigenvalue weighted by Gasteiger charge is 2.38. The van der Waals surface area contributed by atoms with Gasteiger partial charge in [0, 0.05) is 11.1 Å². The fourth-order valence-electron chi connectivity index (χ4n) is 2.67. The second-order valence-corrected chi connectivity index (χ2v) is 6.38. The molecule has 2 rings (SSSR count). The summed E-state index contributed by atoms with van der Waals surface area (Å²) in [5.74, 6) is -1.53. The SMILES string of the molecule is Cc1ccc(C2(N)CCC(C)(C)CC2)c(F)c1F. The Morgan fingerprint density at radius 2 is 1.56 bits per heavy atom. The Morgan fingerprint density at radius 3 is 2.11 bits per heavy atom. The molecule has 0 unspecified atom stereocenters. The van der Waals surface area contributed by atoms with E-state index in [1.165, 1.54) is 0 Å². The first kappa shape index (κ1) is 13.5. The lowest BCUT2D eigenvalue weighted by Gasteiger charge is -2.41. The fraction of sp³-hybridized carbons (Fsp3) is 0.600. The number of rotatable bonds is 1. The van der Waals surface area contributed by atoms with E-state index < -0.39 is 17.2 Å². The minimum atomic E-state index is -0.766. The van der Waals surface area contributed by atoms with Gasteiger partial charge in [0.2, 0.25) is 0 Å². The Bertz CT molecular complexity index is 456. The molecule has 0 radical (unpaired) electrons. The van der Waals surface area contributed by atoms with Crippen LogP contribution in [-0.4, -0.2) is 0 Å². The van der Waals surface area contributed by atoms with E-state index in [1.54, 1.807) is 19.1 Å². The van der Waals surface area contributed by atoms with E-state index in [0.717, 1.165) is 12.8 Å². The van der Waals surface area contributed by atoms with Gasteiger partial charge in [-0.15, -0.1) is 0 Å². The van der Waals surface area contributed by atoms with Gasteiger partial charge in [0.05, 0.1) is 0 Å². The zero-order valence-electron chi connectivity index (χ0n) is 11.3. The Hall–Kier alpha value is -0.960. The first-order valence-corrected chi connectivity index (χ1v) is 6.49. The van der Waals surface area contributed by atoms with E-state index in [4.69, 9.17) is 5.73 Å². The molecule has 1 saturated carbocycles. The maximum absolute atomic E-state index is 14.0. The van der Waals surface area contributed by atoms with Crippen molar-refractivity contribution in [3.8, 4) is 0 Å². The van der Waals surface area contributed by atoms with E-state index >= 15 is 0 Å². The highest BCUT2D eigenvalue weighted by Crippen LogP contribution is 2.44. The molecule has 1 fully saturated rings. The number of benzene rings is 1. The summed E-state index contributed by atoms with van der Waals surface area (Å²) in [7, 11) is 0. The Balaban J connectivity index is 2.35. The number of hydrogen-bond donors (Lipinski definition) is 1. The van der Waals surface area contributed by atoms with Gasteiger partial charge in [-0.1, -0.05) is 26.0 Å². The van der Waals surface area contributed by atoms with Crippen molar-refractivity contribution in [3.63, 3.8) is 0 Å². The average Bonchev–Trinajstić information content (AvgIpc) is 2.31. The van der Waals surface area contributed by atoms with Crippen LogP contribution >= 0.6 is 0 Å². The molecule has 3 heteroatoms. The smallest absolute Gasteiger partial charge is 0.164 e. The zero-order chi connectivity index (χ0) is 13.6. The van der Waals surface area contributed by atoms with Gasteiger partial charge < -0.3 is 5.73 Å². The lowest BCUT2D eigenvalue weighted by atomic mass is 9.67. The van der Waals surface area contributed by atoms with Crippen LogP contribution in [0.4, 0.5) is 8.78 Å². The lowest BCUT2D eigenvalue weighted by molar-refractivity contribution is 0.161. The first-order valence-electron chi connectivity index (χ1n) is 6.49. The van der Waals surface area contributed by atoms with Gasteiger partial charge in [-0.2, -0.15) is 0 Å². The minimum Gasteiger partial charge on any atom is -0.321 e. The molecule has 0 aromatic heterocycles. The van der Waals surface area contributed by atoms with Crippen molar-refractivity contribution < 1.29 is 8.78 Å². The molecule has 1 aromatic carbocycles. The molecule has 0 heterocycles. The Kier molecular flexibility index (Phi) is 3.22. The van der Waals surface area contributed by atoms with Crippen molar-refractivity contribution in [2.24, 2.45) is 11.1 Å². The number of halogens is 2. The lowest BCUT2D eigenvalue weighted by Crippen LogP contribution is -2.43. The predicted molar refractivity (Wildman–Crippen MR) is 69.2 cm³/mol. The van der Waals surface area contributed by atoms with Crippen LogP contribution in [0.1, 0.15) is 50.7 Å². The van der Waals surface area contributed by atoms with Crippen molar-refractivity contribution in [1.82, 2.24) is 0 Å². The van der Waals surface area contributed by atoms with Crippen molar-refractivity contribution in [2.75, 3.05) is 0 Å². The summed E-state index contributed by atoms with van der Waals surface area (Å²) in [6.45, 7) is 5.95. The van der Waals surface area contributed by atoms with E-state index in [-0.39, 0.29) is 5.41 Å². The van der Waals surface area contributed by atoms with Crippen LogP contribution in [0, 0.1) is 24.0 Å². The van der Waals surface area contributed by atoms with Crippen LogP contribution in [0.3, 0.4) is 0 Å². The largest absolute Gasteiger partial charge is 0.321 e. The molecule has 0 amide bonds. The molecule has 0 aliphatic heterocycles. The summed E-state index contributed by atoms with van der Waals surface area (Å²) in [4.78, 5) is 0. The van der Waals surface area contributed by atoms with Crippen molar-refractivity contribution in [2.45, 2.75) is 52.0 Å². The maximum Gasteiger partial charge on any atom is 0.164 e. The average molecular weight is 253 g/mol. The van der Waals surface area contributed by atoms with Gasteiger partial charge in [-0.05, 0) is 43.6 Å². The molecule has 1 aromatic rings. The van der Waals surface area contributed by atoms with Gasteiger partial charge in [-0.25, -0.2) is 8.78 Å².